The number of rotatable bonds is 6. The number of carbonyl (C=O) groups is 2. The molecule has 0 fully saturated rings. The molecule has 0 radical (unpaired) electrons. The molecular weight excluding hydrogens is 443 g/mol. The lowest BCUT2D eigenvalue weighted by Gasteiger charge is -2.12. The second-order valence-electron chi connectivity index (χ2n) is 6.93. The van der Waals surface area contributed by atoms with Crippen LogP contribution < -0.4 is 5.32 Å². The highest BCUT2D eigenvalue weighted by atomic mass is 35.5. The zero-order chi connectivity index (χ0) is 23.3. The molecule has 3 aromatic rings. The third-order valence-corrected chi connectivity index (χ3v) is 4.92. The largest absolute Gasteiger partial charge is 0.416 e. The molecule has 9 heteroatoms. The normalized spacial score (nSPS) is 11.5. The van der Waals surface area contributed by atoms with Crippen molar-refractivity contribution in [3.05, 3.63) is 94.0 Å². The van der Waals surface area contributed by atoms with Crippen LogP contribution in [0.15, 0.2) is 61.2 Å². The molecule has 1 aromatic heterocycles. The first-order chi connectivity index (χ1) is 15.1. The predicted octanol–water partition coefficient (Wildman–Crippen LogP) is 5.53. The third-order valence-electron chi connectivity index (χ3n) is 4.55. The molecule has 3 rings (SSSR count). The molecule has 1 amide bonds. The number of benzene rings is 2. The van der Waals surface area contributed by atoms with Gasteiger partial charge >= 0.3 is 6.18 Å². The van der Waals surface area contributed by atoms with Crippen LogP contribution in [-0.4, -0.2) is 21.7 Å². The summed E-state index contributed by atoms with van der Waals surface area (Å²) in [6.07, 6.45) is 2.44. The molecule has 0 atom stereocenters. The van der Waals surface area contributed by atoms with E-state index < -0.39 is 23.4 Å². The van der Waals surface area contributed by atoms with E-state index in [-0.39, 0.29) is 22.6 Å². The van der Waals surface area contributed by atoms with Crippen molar-refractivity contribution in [3.63, 3.8) is 0 Å². The third kappa shape index (κ3) is 6.01. The van der Waals surface area contributed by atoms with Gasteiger partial charge in [-0.1, -0.05) is 23.7 Å². The molecule has 164 valence electrons. The van der Waals surface area contributed by atoms with Crippen LogP contribution in [0.2, 0.25) is 5.02 Å². The Morgan fingerprint density at radius 2 is 1.81 bits per heavy atom. The lowest BCUT2D eigenvalue weighted by Crippen LogP contribution is -2.11. The Morgan fingerprint density at radius 1 is 1.09 bits per heavy atom. The summed E-state index contributed by atoms with van der Waals surface area (Å²) < 4.78 is 38.9. The Labute approximate surface area is 187 Å². The minimum absolute atomic E-state index is 0.0713. The highest BCUT2D eigenvalue weighted by Gasteiger charge is 2.31. The Bertz CT molecular complexity index is 1180. The second kappa shape index (κ2) is 9.74. The van der Waals surface area contributed by atoms with Gasteiger partial charge in [-0.05, 0) is 48.4 Å². The average Bonchev–Trinajstić information content (AvgIpc) is 2.75. The van der Waals surface area contributed by atoms with Crippen molar-refractivity contribution < 1.29 is 22.8 Å². The highest BCUT2D eigenvalue weighted by Crippen LogP contribution is 2.32. The number of aryl methyl sites for hydroxylation is 1. The Morgan fingerprint density at radius 3 is 2.50 bits per heavy atom. The van der Waals surface area contributed by atoms with E-state index in [2.05, 4.69) is 15.3 Å². The van der Waals surface area contributed by atoms with Crippen LogP contribution in [0.3, 0.4) is 0 Å². The zero-order valence-electron chi connectivity index (χ0n) is 16.8. The Kier molecular flexibility index (Phi) is 7.05. The number of hydrogen-bond donors (Lipinski definition) is 1. The molecule has 0 saturated carbocycles. The zero-order valence-corrected chi connectivity index (χ0v) is 17.5. The van der Waals surface area contributed by atoms with Crippen molar-refractivity contribution in [2.45, 2.75) is 19.5 Å². The molecule has 0 aliphatic carbocycles. The average molecular weight is 460 g/mol. The lowest BCUT2D eigenvalue weighted by molar-refractivity contribution is -0.137. The molecule has 0 saturated heterocycles. The summed E-state index contributed by atoms with van der Waals surface area (Å²) in [5.41, 5.74) is 1.19. The number of aromatic nitrogens is 2. The van der Waals surface area contributed by atoms with Crippen LogP contribution in [0.25, 0.3) is 6.08 Å². The number of ketones is 1. The van der Waals surface area contributed by atoms with E-state index in [1.807, 2.05) is 0 Å². The van der Waals surface area contributed by atoms with Gasteiger partial charge in [-0.15, -0.1) is 0 Å². The molecule has 1 heterocycles. The fourth-order valence-electron chi connectivity index (χ4n) is 2.83. The fourth-order valence-corrected chi connectivity index (χ4v) is 3.02. The van der Waals surface area contributed by atoms with Gasteiger partial charge in [0.2, 0.25) is 5.91 Å². The van der Waals surface area contributed by atoms with Crippen LogP contribution in [0, 0.1) is 6.92 Å². The molecule has 0 bridgehead atoms. The molecule has 0 aliphatic heterocycles. The minimum Gasteiger partial charge on any atom is -0.322 e. The van der Waals surface area contributed by atoms with Crippen LogP contribution in [0.1, 0.15) is 32.6 Å². The number of carbonyl (C=O) groups excluding carboxylic acids is 2. The number of hydrogen-bond acceptors (Lipinski definition) is 4. The van der Waals surface area contributed by atoms with Crippen molar-refractivity contribution in [3.8, 4) is 0 Å². The summed E-state index contributed by atoms with van der Waals surface area (Å²) in [6, 6.07) is 7.53. The molecule has 5 nitrogen and oxygen atoms in total. The van der Waals surface area contributed by atoms with E-state index in [1.165, 1.54) is 24.5 Å². The lowest BCUT2D eigenvalue weighted by atomic mass is 9.99. The van der Waals surface area contributed by atoms with Crippen molar-refractivity contribution in [2.75, 3.05) is 5.32 Å². The van der Waals surface area contributed by atoms with Gasteiger partial charge in [0.25, 0.3) is 0 Å². The topological polar surface area (TPSA) is 72.0 Å². The maximum atomic E-state index is 13.0. The number of anilines is 1. The predicted molar refractivity (Wildman–Crippen MR) is 115 cm³/mol. The monoisotopic (exact) mass is 459 g/mol. The molecular formula is C23H17ClF3N3O2. The van der Waals surface area contributed by atoms with E-state index in [9.17, 15) is 22.8 Å². The number of amides is 1. The van der Waals surface area contributed by atoms with Crippen molar-refractivity contribution in [2.24, 2.45) is 0 Å². The SMILES string of the molecule is Cc1ccc(C(=O)Cc2cc(C(F)(F)F)ccc2Cl)cc1NC(=O)/C=C/c1cncnc1. The summed E-state index contributed by atoms with van der Waals surface area (Å²) in [5.74, 6) is -0.860. The van der Waals surface area contributed by atoms with Crippen LogP contribution in [0.5, 0.6) is 0 Å². The number of nitrogens with one attached hydrogen (secondary N) is 1. The maximum absolute atomic E-state index is 13.0. The van der Waals surface area contributed by atoms with Gasteiger partial charge < -0.3 is 5.32 Å². The van der Waals surface area contributed by atoms with Gasteiger partial charge in [0.1, 0.15) is 6.33 Å². The number of Topliss-reactive ketones (excluding diaryl/α,β-unsaturated/α-hetero) is 1. The molecule has 0 unspecified atom stereocenters. The first kappa shape index (κ1) is 23.1. The number of halogens is 4. The Balaban J connectivity index is 1.76. The van der Waals surface area contributed by atoms with Crippen LogP contribution >= 0.6 is 11.6 Å². The molecule has 0 aliphatic rings. The molecule has 32 heavy (non-hydrogen) atoms. The Hall–Kier alpha value is -3.52. The van der Waals surface area contributed by atoms with Gasteiger partial charge in [0.15, 0.2) is 5.78 Å². The summed E-state index contributed by atoms with van der Waals surface area (Å²) in [4.78, 5) is 32.6. The standard InChI is InChI=1S/C23H17ClF3N3O2/c1-14-2-4-16(9-20(14)30-22(32)7-3-15-11-28-13-29-12-15)21(31)10-17-8-18(23(25,26)27)5-6-19(17)24/h2-9,11-13H,10H2,1H3,(H,30,32)/b7-3+. The smallest absolute Gasteiger partial charge is 0.322 e. The van der Waals surface area contributed by atoms with Gasteiger partial charge in [-0.25, -0.2) is 9.97 Å². The molecule has 2 aromatic carbocycles. The van der Waals surface area contributed by atoms with Crippen molar-refractivity contribution >= 4 is 35.1 Å². The van der Waals surface area contributed by atoms with Gasteiger partial charge in [0, 0.05) is 46.7 Å². The molecule has 0 spiro atoms. The number of alkyl halides is 3. The van der Waals surface area contributed by atoms with Gasteiger partial charge in [0.05, 0.1) is 5.56 Å². The first-order valence-corrected chi connectivity index (χ1v) is 9.75. The maximum Gasteiger partial charge on any atom is 0.416 e. The van der Waals surface area contributed by atoms with Gasteiger partial charge in [-0.2, -0.15) is 13.2 Å². The summed E-state index contributed by atoms with van der Waals surface area (Å²) in [6.45, 7) is 1.75. The highest BCUT2D eigenvalue weighted by molar-refractivity contribution is 6.31. The van der Waals surface area contributed by atoms with Crippen molar-refractivity contribution in [1.82, 2.24) is 9.97 Å². The van der Waals surface area contributed by atoms with E-state index >= 15 is 0 Å². The summed E-state index contributed by atoms with van der Waals surface area (Å²) in [7, 11) is 0. The first-order valence-electron chi connectivity index (χ1n) is 9.37. The summed E-state index contributed by atoms with van der Waals surface area (Å²) >= 11 is 6.00. The van der Waals surface area contributed by atoms with E-state index in [0.717, 1.165) is 18.2 Å². The minimum atomic E-state index is -4.54. The van der Waals surface area contributed by atoms with E-state index in [4.69, 9.17) is 11.6 Å². The molecule has 1 N–H and O–H groups in total. The summed E-state index contributed by atoms with van der Waals surface area (Å²) in [5, 5.41) is 2.76. The quantitative estimate of drug-likeness (QED) is 0.388. The number of nitrogens with zero attached hydrogens (tertiary/aromatic N) is 2. The fraction of sp³-hybridized carbons (Fsp3) is 0.130. The van der Waals surface area contributed by atoms with Crippen LogP contribution in [0.4, 0.5) is 18.9 Å². The van der Waals surface area contributed by atoms with Crippen molar-refractivity contribution in [1.29, 1.82) is 0 Å². The van der Waals surface area contributed by atoms with E-state index in [1.54, 1.807) is 31.5 Å². The van der Waals surface area contributed by atoms with Crippen LogP contribution in [-0.2, 0) is 17.4 Å². The van der Waals surface area contributed by atoms with Gasteiger partial charge in [-0.3, -0.25) is 9.59 Å². The van der Waals surface area contributed by atoms with E-state index in [0.29, 0.717) is 16.8 Å². The second-order valence-corrected chi connectivity index (χ2v) is 7.34.